The molecule has 0 aromatic rings. The summed E-state index contributed by atoms with van der Waals surface area (Å²) in [5.41, 5.74) is 0. The number of halogens is 3. The Hall–Kier alpha value is -0.980. The highest BCUT2D eigenvalue weighted by Crippen LogP contribution is 2.09. The van der Waals surface area contributed by atoms with Crippen molar-refractivity contribution in [1.82, 2.24) is 0 Å². The van der Waals surface area contributed by atoms with Gasteiger partial charge in [0.05, 0.1) is 12.5 Å². The highest BCUT2D eigenvalue weighted by atomic mass is 19.3. The molecule has 0 rings (SSSR count). The molecule has 4 heteroatoms. The van der Waals surface area contributed by atoms with Gasteiger partial charge in [0.15, 0.2) is 5.83 Å². The number of hydrogen-bond donors (Lipinski definition) is 0. The lowest BCUT2D eigenvalue weighted by atomic mass is 10.4. The Kier molecular flexibility index (Phi) is 3.52. The third-order valence-electron chi connectivity index (χ3n) is 0.597. The van der Waals surface area contributed by atoms with Gasteiger partial charge in [-0.15, -0.1) is 0 Å². The second-order valence-electron chi connectivity index (χ2n) is 1.25. The van der Waals surface area contributed by atoms with Crippen LogP contribution in [-0.2, 0) is 0 Å². The normalized spacial score (nSPS) is 11.7. The Morgan fingerprint density at radius 1 is 1.67 bits per heavy atom. The molecule has 1 nitrogen and oxygen atoms in total. The fraction of sp³-hybridized carbons (Fsp3) is 0.400. The van der Waals surface area contributed by atoms with Gasteiger partial charge < -0.3 is 0 Å². The van der Waals surface area contributed by atoms with Crippen LogP contribution < -0.4 is 0 Å². The van der Waals surface area contributed by atoms with Crippen LogP contribution in [0, 0.1) is 11.3 Å². The Bertz CT molecular complexity index is 145. The van der Waals surface area contributed by atoms with Crippen molar-refractivity contribution in [3.05, 3.63) is 11.9 Å². The van der Waals surface area contributed by atoms with Gasteiger partial charge in [-0.3, -0.25) is 0 Å². The molecule has 0 amide bonds. The van der Waals surface area contributed by atoms with Gasteiger partial charge in [-0.1, -0.05) is 0 Å². The molecule has 0 atom stereocenters. The summed E-state index contributed by atoms with van der Waals surface area (Å²) in [7, 11) is 0. The SMILES string of the molecule is N#CCC=C(F)C(F)F. The van der Waals surface area contributed by atoms with Gasteiger partial charge in [-0.25, -0.2) is 13.2 Å². The first-order valence-electron chi connectivity index (χ1n) is 2.19. The first-order valence-corrected chi connectivity index (χ1v) is 2.19. The first-order chi connectivity index (χ1) is 4.18. The first kappa shape index (κ1) is 8.02. The van der Waals surface area contributed by atoms with Crippen molar-refractivity contribution >= 4 is 0 Å². The van der Waals surface area contributed by atoms with E-state index in [0.29, 0.717) is 6.08 Å². The minimum atomic E-state index is -3.08. The van der Waals surface area contributed by atoms with E-state index in [-0.39, 0.29) is 6.42 Å². The summed E-state index contributed by atoms with van der Waals surface area (Å²) in [4.78, 5) is 0. The van der Waals surface area contributed by atoms with E-state index in [1.807, 2.05) is 0 Å². The van der Waals surface area contributed by atoms with Crippen LogP contribution in [0.3, 0.4) is 0 Å². The molecule has 9 heavy (non-hydrogen) atoms. The summed E-state index contributed by atoms with van der Waals surface area (Å²) in [5.74, 6) is -1.53. The molecule has 0 aromatic carbocycles. The Morgan fingerprint density at radius 2 is 2.22 bits per heavy atom. The minimum absolute atomic E-state index is 0.309. The number of allylic oxidation sites excluding steroid dienone is 2. The molecule has 0 aromatic heterocycles. The largest absolute Gasteiger partial charge is 0.289 e. The number of rotatable bonds is 2. The van der Waals surface area contributed by atoms with E-state index in [2.05, 4.69) is 0 Å². The van der Waals surface area contributed by atoms with Crippen molar-refractivity contribution in [2.24, 2.45) is 0 Å². The molecule has 0 heterocycles. The topological polar surface area (TPSA) is 23.8 Å². The lowest BCUT2D eigenvalue weighted by Gasteiger charge is -1.89. The van der Waals surface area contributed by atoms with Crippen LogP contribution in [0.25, 0.3) is 0 Å². The molecule has 0 fully saturated rings. The fourth-order valence-electron chi connectivity index (χ4n) is 0.232. The Balaban J connectivity index is 3.73. The van der Waals surface area contributed by atoms with Crippen LogP contribution in [0.1, 0.15) is 6.42 Å². The third-order valence-corrected chi connectivity index (χ3v) is 0.597. The zero-order chi connectivity index (χ0) is 7.28. The van der Waals surface area contributed by atoms with Crippen LogP contribution in [0.2, 0.25) is 0 Å². The maximum Gasteiger partial charge on any atom is 0.289 e. The lowest BCUT2D eigenvalue weighted by molar-refractivity contribution is 0.158. The molecule has 0 radical (unpaired) electrons. The van der Waals surface area contributed by atoms with E-state index in [4.69, 9.17) is 5.26 Å². The predicted molar refractivity (Wildman–Crippen MR) is 25.4 cm³/mol. The van der Waals surface area contributed by atoms with E-state index in [9.17, 15) is 13.2 Å². The van der Waals surface area contributed by atoms with Crippen LogP contribution in [-0.4, -0.2) is 6.43 Å². The van der Waals surface area contributed by atoms with Crippen molar-refractivity contribution in [3.8, 4) is 6.07 Å². The van der Waals surface area contributed by atoms with E-state index >= 15 is 0 Å². The van der Waals surface area contributed by atoms with E-state index in [1.54, 1.807) is 0 Å². The van der Waals surface area contributed by atoms with Crippen molar-refractivity contribution in [2.45, 2.75) is 12.8 Å². The van der Waals surface area contributed by atoms with Gasteiger partial charge >= 0.3 is 0 Å². The molecular weight excluding hydrogens is 131 g/mol. The highest BCUT2D eigenvalue weighted by molar-refractivity contribution is 4.99. The van der Waals surface area contributed by atoms with E-state index < -0.39 is 12.3 Å². The fourth-order valence-corrected chi connectivity index (χ4v) is 0.232. The Morgan fingerprint density at radius 3 is 2.56 bits per heavy atom. The molecule has 0 unspecified atom stereocenters. The number of alkyl halides is 2. The van der Waals surface area contributed by atoms with Gasteiger partial charge in [-0.05, 0) is 6.08 Å². The van der Waals surface area contributed by atoms with Crippen LogP contribution in [0.4, 0.5) is 13.2 Å². The molecule has 50 valence electrons. The second kappa shape index (κ2) is 3.96. The zero-order valence-electron chi connectivity index (χ0n) is 4.44. The van der Waals surface area contributed by atoms with Crippen LogP contribution in [0.5, 0.6) is 0 Å². The summed E-state index contributed by atoms with van der Waals surface area (Å²) < 4.78 is 34.1. The number of nitrogens with zero attached hydrogens (tertiary/aromatic N) is 1. The van der Waals surface area contributed by atoms with Crippen molar-refractivity contribution in [1.29, 1.82) is 5.26 Å². The van der Waals surface area contributed by atoms with Crippen LogP contribution >= 0.6 is 0 Å². The Labute approximate surface area is 50.4 Å². The average Bonchev–Trinajstić information content (AvgIpc) is 1.82. The zero-order valence-corrected chi connectivity index (χ0v) is 4.44. The van der Waals surface area contributed by atoms with E-state index in [1.165, 1.54) is 6.07 Å². The quantitative estimate of drug-likeness (QED) is 0.568. The van der Waals surface area contributed by atoms with Crippen LogP contribution in [0.15, 0.2) is 11.9 Å². The molecule has 0 saturated carbocycles. The summed E-state index contributed by atoms with van der Waals surface area (Å²) in [6, 6.07) is 1.50. The molecular formula is C5H4F3N. The minimum Gasteiger partial charge on any atom is -0.206 e. The lowest BCUT2D eigenvalue weighted by Crippen LogP contribution is -1.88. The average molecular weight is 135 g/mol. The van der Waals surface area contributed by atoms with Gasteiger partial charge in [-0.2, -0.15) is 5.26 Å². The molecule has 0 aliphatic carbocycles. The number of nitriles is 1. The molecule has 0 aliphatic rings. The molecule has 0 bridgehead atoms. The molecule has 0 aliphatic heterocycles. The number of hydrogen-bond acceptors (Lipinski definition) is 1. The van der Waals surface area contributed by atoms with Crippen molar-refractivity contribution < 1.29 is 13.2 Å². The maximum atomic E-state index is 11.7. The summed E-state index contributed by atoms with van der Waals surface area (Å²) >= 11 is 0. The van der Waals surface area contributed by atoms with Crippen molar-refractivity contribution in [2.75, 3.05) is 0 Å². The molecule has 0 N–H and O–H groups in total. The third kappa shape index (κ3) is 3.59. The van der Waals surface area contributed by atoms with Gasteiger partial charge in [0.25, 0.3) is 6.43 Å². The molecule has 0 spiro atoms. The van der Waals surface area contributed by atoms with Crippen molar-refractivity contribution in [3.63, 3.8) is 0 Å². The highest BCUT2D eigenvalue weighted by Gasteiger charge is 2.07. The second-order valence-corrected chi connectivity index (χ2v) is 1.25. The van der Waals surface area contributed by atoms with Gasteiger partial charge in [0, 0.05) is 0 Å². The monoisotopic (exact) mass is 135 g/mol. The van der Waals surface area contributed by atoms with E-state index in [0.717, 1.165) is 0 Å². The maximum absolute atomic E-state index is 11.7. The molecule has 0 saturated heterocycles. The summed E-state index contributed by atoms with van der Waals surface area (Å²) in [6.07, 6.45) is -2.83. The van der Waals surface area contributed by atoms with Gasteiger partial charge in [0.1, 0.15) is 0 Å². The summed E-state index contributed by atoms with van der Waals surface area (Å²) in [6.45, 7) is 0. The smallest absolute Gasteiger partial charge is 0.206 e. The van der Waals surface area contributed by atoms with Gasteiger partial charge in [0.2, 0.25) is 0 Å². The summed E-state index contributed by atoms with van der Waals surface area (Å²) in [5, 5.41) is 7.79. The predicted octanol–water partition coefficient (Wildman–Crippen LogP) is 2.02. The standard InChI is InChI=1S/C5H4F3N/c6-4(5(7)8)2-1-3-9/h2,5H,1H2.